The minimum atomic E-state index is -3.38. The van der Waals surface area contributed by atoms with Crippen molar-refractivity contribution in [1.29, 1.82) is 0 Å². The molecule has 1 rings (SSSR count). The Bertz CT molecular complexity index is 444. The largest absolute Gasteiger partial charge is 0.385 e. The fourth-order valence-corrected chi connectivity index (χ4v) is 3.88. The summed E-state index contributed by atoms with van der Waals surface area (Å²) in [6.45, 7) is 0.999. The van der Waals surface area contributed by atoms with Crippen molar-refractivity contribution in [3.05, 3.63) is 16.3 Å². The van der Waals surface area contributed by atoms with Crippen LogP contribution in [0, 0.1) is 0 Å². The van der Waals surface area contributed by atoms with Gasteiger partial charge in [-0.3, -0.25) is 0 Å². The molecule has 1 aromatic heterocycles. The SMILES string of the molecule is COCCCN(C)S(=O)(=O)c1csc(CCl)c1. The first-order chi connectivity index (χ1) is 8.02. The van der Waals surface area contributed by atoms with Crippen LogP contribution in [0.5, 0.6) is 0 Å². The summed E-state index contributed by atoms with van der Waals surface area (Å²) in [5.41, 5.74) is 0. The Labute approximate surface area is 111 Å². The molecule has 1 aromatic rings. The number of hydrogen-bond acceptors (Lipinski definition) is 4. The maximum absolute atomic E-state index is 12.1. The third-order valence-electron chi connectivity index (χ3n) is 2.29. The van der Waals surface area contributed by atoms with Crippen LogP contribution in [0.15, 0.2) is 16.3 Å². The molecule has 4 nitrogen and oxygen atoms in total. The number of thiophene rings is 1. The van der Waals surface area contributed by atoms with Gasteiger partial charge in [0, 0.05) is 37.6 Å². The van der Waals surface area contributed by atoms with Crippen LogP contribution >= 0.6 is 22.9 Å². The smallest absolute Gasteiger partial charge is 0.243 e. The summed E-state index contributed by atoms with van der Waals surface area (Å²) in [5.74, 6) is 0.341. The van der Waals surface area contributed by atoms with Crippen LogP contribution in [0.3, 0.4) is 0 Å². The van der Waals surface area contributed by atoms with Crippen molar-refractivity contribution >= 4 is 33.0 Å². The highest BCUT2D eigenvalue weighted by Gasteiger charge is 2.21. The molecule has 98 valence electrons. The Morgan fingerprint density at radius 1 is 1.53 bits per heavy atom. The fraction of sp³-hybridized carbons (Fsp3) is 0.600. The van der Waals surface area contributed by atoms with Gasteiger partial charge >= 0.3 is 0 Å². The summed E-state index contributed by atoms with van der Waals surface area (Å²) in [7, 11) is -0.209. The first-order valence-electron chi connectivity index (χ1n) is 5.11. The van der Waals surface area contributed by atoms with E-state index in [1.54, 1.807) is 25.6 Å². The lowest BCUT2D eigenvalue weighted by atomic mass is 10.5. The Kier molecular flexibility index (Phi) is 5.88. The molecule has 0 bridgehead atoms. The third kappa shape index (κ3) is 3.93. The predicted molar refractivity (Wildman–Crippen MR) is 70.2 cm³/mol. The molecule has 7 heteroatoms. The second-order valence-corrected chi connectivity index (χ2v) is 6.86. The summed E-state index contributed by atoms with van der Waals surface area (Å²) >= 11 is 7.02. The normalized spacial score (nSPS) is 12.2. The van der Waals surface area contributed by atoms with Crippen LogP contribution in [0.1, 0.15) is 11.3 Å². The highest BCUT2D eigenvalue weighted by Crippen LogP contribution is 2.23. The average molecular weight is 298 g/mol. The molecule has 0 aliphatic carbocycles. The molecule has 0 atom stereocenters. The van der Waals surface area contributed by atoms with Crippen LogP contribution in [0.25, 0.3) is 0 Å². The second kappa shape index (κ2) is 6.70. The Morgan fingerprint density at radius 3 is 2.76 bits per heavy atom. The van der Waals surface area contributed by atoms with Gasteiger partial charge in [0.15, 0.2) is 0 Å². The molecule has 0 aromatic carbocycles. The monoisotopic (exact) mass is 297 g/mol. The lowest BCUT2D eigenvalue weighted by molar-refractivity contribution is 0.189. The molecule has 17 heavy (non-hydrogen) atoms. The standard InChI is InChI=1S/C10H16ClNO3S2/c1-12(4-3-5-15-2)17(13,14)10-6-9(7-11)16-8-10/h6,8H,3-5,7H2,1-2H3. The number of nitrogens with zero attached hydrogens (tertiary/aromatic N) is 1. The molecule has 0 aliphatic heterocycles. The minimum Gasteiger partial charge on any atom is -0.385 e. The van der Waals surface area contributed by atoms with Crippen molar-refractivity contribution in [3.63, 3.8) is 0 Å². The number of sulfonamides is 1. The fourth-order valence-electron chi connectivity index (χ4n) is 1.30. The van der Waals surface area contributed by atoms with E-state index in [9.17, 15) is 8.42 Å². The van der Waals surface area contributed by atoms with E-state index >= 15 is 0 Å². The molecule has 1 heterocycles. The van der Waals surface area contributed by atoms with Gasteiger partial charge in [-0.25, -0.2) is 12.7 Å². The topological polar surface area (TPSA) is 46.6 Å². The van der Waals surface area contributed by atoms with Gasteiger partial charge in [0.1, 0.15) is 0 Å². The molecular formula is C10H16ClNO3S2. The molecule has 0 amide bonds. The van der Waals surface area contributed by atoms with Crippen molar-refractivity contribution < 1.29 is 13.2 Å². The minimum absolute atomic E-state index is 0.318. The summed E-state index contributed by atoms with van der Waals surface area (Å²) in [4.78, 5) is 1.17. The van der Waals surface area contributed by atoms with Crippen molar-refractivity contribution in [2.45, 2.75) is 17.2 Å². The second-order valence-electron chi connectivity index (χ2n) is 3.56. The zero-order chi connectivity index (χ0) is 12.9. The van der Waals surface area contributed by atoms with E-state index in [2.05, 4.69) is 0 Å². The van der Waals surface area contributed by atoms with Crippen LogP contribution in [-0.4, -0.2) is 40.0 Å². The van der Waals surface area contributed by atoms with E-state index in [4.69, 9.17) is 16.3 Å². The van der Waals surface area contributed by atoms with E-state index in [1.807, 2.05) is 0 Å². The van der Waals surface area contributed by atoms with Crippen LogP contribution in [0.4, 0.5) is 0 Å². The molecule has 0 N–H and O–H groups in total. The molecule has 0 radical (unpaired) electrons. The summed E-state index contributed by atoms with van der Waals surface area (Å²) in [6, 6.07) is 1.62. The number of methoxy groups -OCH3 is 1. The van der Waals surface area contributed by atoms with E-state index in [-0.39, 0.29) is 0 Å². The lowest BCUT2D eigenvalue weighted by Crippen LogP contribution is -2.28. The number of ether oxygens (including phenoxy) is 1. The maximum Gasteiger partial charge on any atom is 0.243 e. The molecule has 0 spiro atoms. The number of halogens is 1. The maximum atomic E-state index is 12.1. The van der Waals surface area contributed by atoms with Gasteiger partial charge in [0.05, 0.1) is 10.8 Å². The first-order valence-corrected chi connectivity index (χ1v) is 7.96. The van der Waals surface area contributed by atoms with Gasteiger partial charge in [-0.05, 0) is 12.5 Å². The van der Waals surface area contributed by atoms with Crippen molar-refractivity contribution in [1.82, 2.24) is 4.31 Å². The molecule has 0 saturated carbocycles. The van der Waals surface area contributed by atoms with E-state index in [0.717, 1.165) is 4.88 Å². The molecule has 0 saturated heterocycles. The van der Waals surface area contributed by atoms with Crippen molar-refractivity contribution in [2.75, 3.05) is 27.3 Å². The lowest BCUT2D eigenvalue weighted by Gasteiger charge is -2.15. The van der Waals surface area contributed by atoms with Crippen LogP contribution in [-0.2, 0) is 20.6 Å². The highest BCUT2D eigenvalue weighted by atomic mass is 35.5. The van der Waals surface area contributed by atoms with Gasteiger partial charge in [0.25, 0.3) is 0 Å². The highest BCUT2D eigenvalue weighted by molar-refractivity contribution is 7.89. The van der Waals surface area contributed by atoms with Crippen molar-refractivity contribution in [3.8, 4) is 0 Å². The van der Waals surface area contributed by atoms with E-state index in [1.165, 1.54) is 15.6 Å². The quantitative estimate of drug-likeness (QED) is 0.572. The summed E-state index contributed by atoms with van der Waals surface area (Å²) in [5, 5.41) is 1.62. The summed E-state index contributed by atoms with van der Waals surface area (Å²) < 4.78 is 30.4. The predicted octanol–water partition coefficient (Wildman–Crippen LogP) is 2.14. The van der Waals surface area contributed by atoms with Crippen molar-refractivity contribution in [2.24, 2.45) is 0 Å². The van der Waals surface area contributed by atoms with Gasteiger partial charge in [-0.1, -0.05) is 0 Å². The van der Waals surface area contributed by atoms with Gasteiger partial charge in [0.2, 0.25) is 10.0 Å². The van der Waals surface area contributed by atoms with E-state index < -0.39 is 10.0 Å². The Morgan fingerprint density at radius 2 is 2.24 bits per heavy atom. The zero-order valence-electron chi connectivity index (χ0n) is 9.85. The summed E-state index contributed by atoms with van der Waals surface area (Å²) in [6.07, 6.45) is 0.679. The number of hydrogen-bond donors (Lipinski definition) is 0. The van der Waals surface area contributed by atoms with Gasteiger partial charge < -0.3 is 4.74 Å². The molecule has 0 unspecified atom stereocenters. The molecule has 0 aliphatic rings. The number of alkyl halides is 1. The third-order valence-corrected chi connectivity index (χ3v) is 5.66. The van der Waals surface area contributed by atoms with Gasteiger partial charge in [-0.2, -0.15) is 0 Å². The van der Waals surface area contributed by atoms with Crippen LogP contribution < -0.4 is 0 Å². The average Bonchev–Trinajstić information content (AvgIpc) is 2.78. The first kappa shape index (κ1) is 14.9. The molecular weight excluding hydrogens is 282 g/mol. The zero-order valence-corrected chi connectivity index (χ0v) is 12.2. The Hall–Kier alpha value is -0.140. The van der Waals surface area contributed by atoms with E-state index in [0.29, 0.717) is 30.3 Å². The van der Waals surface area contributed by atoms with Crippen LogP contribution in [0.2, 0.25) is 0 Å². The number of rotatable bonds is 7. The molecule has 0 fully saturated rings. The van der Waals surface area contributed by atoms with Gasteiger partial charge in [-0.15, -0.1) is 22.9 Å². The Balaban J connectivity index is 2.73.